The summed E-state index contributed by atoms with van der Waals surface area (Å²) in [5.74, 6) is 2.00. The van der Waals surface area contributed by atoms with Crippen LogP contribution < -0.4 is 5.32 Å². The van der Waals surface area contributed by atoms with Crippen LogP contribution in [0.2, 0.25) is 0 Å². The van der Waals surface area contributed by atoms with Crippen LogP contribution in [0, 0.1) is 11.8 Å². The van der Waals surface area contributed by atoms with Crippen molar-refractivity contribution in [2.75, 3.05) is 0 Å². The van der Waals surface area contributed by atoms with Crippen LogP contribution in [0.4, 0.5) is 0 Å². The highest BCUT2D eigenvalue weighted by Gasteiger charge is 2.16. The van der Waals surface area contributed by atoms with Gasteiger partial charge in [0.05, 0.1) is 5.70 Å². The predicted octanol–water partition coefficient (Wildman–Crippen LogP) is 2.60. The summed E-state index contributed by atoms with van der Waals surface area (Å²) in [5, 5.41) is 3.22. The summed E-state index contributed by atoms with van der Waals surface area (Å²) in [7, 11) is 0. The zero-order chi connectivity index (χ0) is 9.14. The van der Waals surface area contributed by atoms with E-state index in [0.717, 1.165) is 5.76 Å². The minimum atomic E-state index is 0.444. The lowest BCUT2D eigenvalue weighted by Crippen LogP contribution is -2.20. The average Bonchev–Trinajstić information content (AvgIpc) is 2.04. The molecule has 1 aliphatic rings. The van der Waals surface area contributed by atoms with Crippen molar-refractivity contribution >= 4 is 0 Å². The Kier molecular flexibility index (Phi) is 2.79. The van der Waals surface area contributed by atoms with Gasteiger partial charge < -0.3 is 10.1 Å². The topological polar surface area (TPSA) is 21.3 Å². The first kappa shape index (κ1) is 9.17. The van der Waals surface area contributed by atoms with Gasteiger partial charge in [0.1, 0.15) is 12.0 Å². The maximum atomic E-state index is 5.45. The van der Waals surface area contributed by atoms with E-state index in [4.69, 9.17) is 4.74 Å². The number of ether oxygens (including phenoxy) is 1. The van der Waals surface area contributed by atoms with Gasteiger partial charge in [-0.15, -0.1) is 0 Å². The van der Waals surface area contributed by atoms with Crippen molar-refractivity contribution in [1.82, 2.24) is 5.32 Å². The molecule has 2 nitrogen and oxygen atoms in total. The first-order valence-electron chi connectivity index (χ1n) is 4.45. The molecule has 0 aliphatic carbocycles. The van der Waals surface area contributed by atoms with Crippen molar-refractivity contribution in [1.29, 1.82) is 0 Å². The van der Waals surface area contributed by atoms with Crippen molar-refractivity contribution in [3.8, 4) is 0 Å². The molecule has 0 aromatic carbocycles. The SMILES string of the molecule is CC(C)C1=C(C(C)C)OC=CN1. The molecule has 0 spiro atoms. The van der Waals surface area contributed by atoms with Gasteiger partial charge >= 0.3 is 0 Å². The smallest absolute Gasteiger partial charge is 0.125 e. The van der Waals surface area contributed by atoms with Gasteiger partial charge in [0.15, 0.2) is 0 Å². The highest BCUT2D eigenvalue weighted by atomic mass is 16.5. The molecule has 0 unspecified atom stereocenters. The minimum absolute atomic E-state index is 0.444. The molecule has 1 heterocycles. The van der Waals surface area contributed by atoms with E-state index >= 15 is 0 Å². The molecule has 1 rings (SSSR count). The van der Waals surface area contributed by atoms with Crippen molar-refractivity contribution in [2.24, 2.45) is 11.8 Å². The third-order valence-electron chi connectivity index (χ3n) is 1.87. The molecule has 0 amide bonds. The molecule has 0 atom stereocenters. The van der Waals surface area contributed by atoms with Gasteiger partial charge in [-0.1, -0.05) is 27.7 Å². The fourth-order valence-electron chi connectivity index (χ4n) is 1.26. The Hall–Kier alpha value is -0.920. The van der Waals surface area contributed by atoms with E-state index in [-0.39, 0.29) is 0 Å². The van der Waals surface area contributed by atoms with E-state index in [2.05, 4.69) is 33.0 Å². The van der Waals surface area contributed by atoms with Gasteiger partial charge in [-0.3, -0.25) is 0 Å². The molecule has 0 radical (unpaired) electrons. The van der Waals surface area contributed by atoms with E-state index in [1.807, 2.05) is 6.20 Å². The van der Waals surface area contributed by atoms with Crippen LogP contribution in [0.5, 0.6) is 0 Å². The fourth-order valence-corrected chi connectivity index (χ4v) is 1.26. The molecule has 12 heavy (non-hydrogen) atoms. The average molecular weight is 167 g/mol. The monoisotopic (exact) mass is 167 g/mol. The molecular weight excluding hydrogens is 150 g/mol. The van der Waals surface area contributed by atoms with Crippen LogP contribution >= 0.6 is 0 Å². The fraction of sp³-hybridized carbons (Fsp3) is 0.600. The van der Waals surface area contributed by atoms with Crippen molar-refractivity contribution in [3.63, 3.8) is 0 Å². The molecule has 0 bridgehead atoms. The molecule has 2 heteroatoms. The normalized spacial score (nSPS) is 16.8. The molecular formula is C10H17NO. The van der Waals surface area contributed by atoms with Gasteiger partial charge in [0, 0.05) is 12.1 Å². The number of hydrogen-bond acceptors (Lipinski definition) is 2. The molecule has 0 saturated heterocycles. The number of nitrogens with one attached hydrogen (secondary N) is 1. The van der Waals surface area contributed by atoms with Gasteiger partial charge in [-0.2, -0.15) is 0 Å². The number of hydrogen-bond donors (Lipinski definition) is 1. The molecule has 0 aromatic heterocycles. The van der Waals surface area contributed by atoms with Crippen LogP contribution in [0.25, 0.3) is 0 Å². The van der Waals surface area contributed by atoms with Crippen LogP contribution in [0.15, 0.2) is 23.9 Å². The Balaban J connectivity index is 2.85. The quantitative estimate of drug-likeness (QED) is 0.682. The molecule has 1 N–H and O–H groups in total. The predicted molar refractivity (Wildman–Crippen MR) is 50.1 cm³/mol. The first-order chi connectivity index (χ1) is 5.63. The lowest BCUT2D eigenvalue weighted by atomic mass is 10.0. The summed E-state index contributed by atoms with van der Waals surface area (Å²) in [6.45, 7) is 8.59. The Morgan fingerprint density at radius 3 is 2.25 bits per heavy atom. The van der Waals surface area contributed by atoms with Crippen molar-refractivity contribution < 1.29 is 4.74 Å². The number of allylic oxidation sites excluding steroid dienone is 2. The summed E-state index contributed by atoms with van der Waals surface area (Å²) in [4.78, 5) is 0. The lowest BCUT2D eigenvalue weighted by Gasteiger charge is -2.22. The standard InChI is InChI=1S/C10H17NO/c1-7(2)9-10(8(3)4)12-6-5-11-9/h5-8,11H,1-4H3. The lowest BCUT2D eigenvalue weighted by molar-refractivity contribution is 0.278. The minimum Gasteiger partial charge on any atom is -0.466 e. The van der Waals surface area contributed by atoms with E-state index < -0.39 is 0 Å². The Labute approximate surface area is 74.3 Å². The van der Waals surface area contributed by atoms with E-state index in [0.29, 0.717) is 11.8 Å². The molecule has 0 aromatic rings. The maximum absolute atomic E-state index is 5.45. The van der Waals surface area contributed by atoms with Crippen molar-refractivity contribution in [3.05, 3.63) is 23.9 Å². The van der Waals surface area contributed by atoms with Gasteiger partial charge in [-0.05, 0) is 5.92 Å². The Morgan fingerprint density at radius 1 is 1.17 bits per heavy atom. The second-order valence-electron chi connectivity index (χ2n) is 3.65. The van der Waals surface area contributed by atoms with Crippen molar-refractivity contribution in [2.45, 2.75) is 27.7 Å². The van der Waals surface area contributed by atoms with E-state index in [1.54, 1.807) is 6.26 Å². The highest BCUT2D eigenvalue weighted by Crippen LogP contribution is 2.22. The Morgan fingerprint density at radius 2 is 1.83 bits per heavy atom. The van der Waals surface area contributed by atoms with Crippen LogP contribution in [0.1, 0.15) is 27.7 Å². The van der Waals surface area contributed by atoms with Gasteiger partial charge in [-0.25, -0.2) is 0 Å². The zero-order valence-electron chi connectivity index (χ0n) is 8.22. The third-order valence-corrected chi connectivity index (χ3v) is 1.87. The molecule has 1 aliphatic heterocycles. The van der Waals surface area contributed by atoms with Crippen LogP contribution in [0.3, 0.4) is 0 Å². The molecule has 0 fully saturated rings. The summed E-state index contributed by atoms with van der Waals surface area (Å²) in [6.07, 6.45) is 3.53. The van der Waals surface area contributed by atoms with Crippen LogP contribution in [-0.4, -0.2) is 0 Å². The van der Waals surface area contributed by atoms with E-state index in [1.165, 1.54) is 5.70 Å². The summed E-state index contributed by atoms with van der Waals surface area (Å²) < 4.78 is 5.45. The summed E-state index contributed by atoms with van der Waals surface area (Å²) in [5.41, 5.74) is 1.20. The second kappa shape index (κ2) is 3.65. The molecule has 68 valence electrons. The third kappa shape index (κ3) is 1.81. The van der Waals surface area contributed by atoms with Crippen LogP contribution in [-0.2, 0) is 4.74 Å². The van der Waals surface area contributed by atoms with E-state index in [9.17, 15) is 0 Å². The summed E-state index contributed by atoms with van der Waals surface area (Å²) >= 11 is 0. The maximum Gasteiger partial charge on any atom is 0.125 e. The second-order valence-corrected chi connectivity index (χ2v) is 3.65. The molecule has 0 saturated carbocycles. The van der Waals surface area contributed by atoms with Gasteiger partial charge in [0.25, 0.3) is 0 Å². The Bertz CT molecular complexity index is 192. The largest absolute Gasteiger partial charge is 0.466 e. The zero-order valence-corrected chi connectivity index (χ0v) is 8.22. The first-order valence-corrected chi connectivity index (χ1v) is 4.45. The number of rotatable bonds is 2. The van der Waals surface area contributed by atoms with Gasteiger partial charge in [0.2, 0.25) is 0 Å². The summed E-state index contributed by atoms with van der Waals surface area (Å²) in [6, 6.07) is 0. The highest BCUT2D eigenvalue weighted by molar-refractivity contribution is 5.16.